The van der Waals surface area contributed by atoms with E-state index in [0.29, 0.717) is 22.1 Å². The molecule has 108 valence electrons. The number of hydrogen-bond donors (Lipinski definition) is 1. The standard InChI is InChI=1S/C15H24BrFN2/c1-5-11(6-2)19(9-10(3)4)15-8-13(17)12(16)7-14(15)18/h7-8,10-11H,5-6,9,18H2,1-4H3. The van der Waals surface area contributed by atoms with Gasteiger partial charge in [-0.1, -0.05) is 27.7 Å². The maximum atomic E-state index is 13.8. The fourth-order valence-electron chi connectivity index (χ4n) is 2.37. The number of rotatable bonds is 6. The molecule has 0 unspecified atom stereocenters. The molecular weight excluding hydrogens is 307 g/mol. The summed E-state index contributed by atoms with van der Waals surface area (Å²) in [5, 5.41) is 0. The van der Waals surface area contributed by atoms with Crippen LogP contribution in [0.3, 0.4) is 0 Å². The topological polar surface area (TPSA) is 29.3 Å². The number of benzene rings is 1. The lowest BCUT2D eigenvalue weighted by Gasteiger charge is -2.35. The molecule has 1 aromatic rings. The van der Waals surface area contributed by atoms with Gasteiger partial charge in [-0.2, -0.15) is 0 Å². The van der Waals surface area contributed by atoms with E-state index in [4.69, 9.17) is 5.73 Å². The van der Waals surface area contributed by atoms with E-state index >= 15 is 0 Å². The van der Waals surface area contributed by atoms with Crippen molar-refractivity contribution in [3.8, 4) is 0 Å². The van der Waals surface area contributed by atoms with Gasteiger partial charge in [-0.25, -0.2) is 4.39 Å². The quantitative estimate of drug-likeness (QED) is 0.757. The first-order valence-electron chi connectivity index (χ1n) is 6.91. The molecule has 2 nitrogen and oxygen atoms in total. The van der Waals surface area contributed by atoms with Gasteiger partial charge < -0.3 is 10.6 Å². The second kappa shape index (κ2) is 7.13. The Kier molecular flexibility index (Phi) is 6.11. The number of anilines is 2. The van der Waals surface area contributed by atoms with Crippen molar-refractivity contribution in [3.05, 3.63) is 22.4 Å². The van der Waals surface area contributed by atoms with Gasteiger partial charge >= 0.3 is 0 Å². The molecule has 0 fully saturated rings. The first-order chi connectivity index (χ1) is 8.90. The summed E-state index contributed by atoms with van der Waals surface area (Å²) < 4.78 is 14.2. The van der Waals surface area contributed by atoms with Gasteiger partial charge in [-0.15, -0.1) is 0 Å². The second-order valence-corrected chi connectivity index (χ2v) is 6.20. The molecule has 0 amide bonds. The zero-order chi connectivity index (χ0) is 14.6. The highest BCUT2D eigenvalue weighted by Crippen LogP contribution is 2.32. The van der Waals surface area contributed by atoms with Gasteiger partial charge in [0.25, 0.3) is 0 Å². The minimum Gasteiger partial charge on any atom is -0.397 e. The Balaban J connectivity index is 3.20. The summed E-state index contributed by atoms with van der Waals surface area (Å²) in [6.07, 6.45) is 2.06. The van der Waals surface area contributed by atoms with Crippen LogP contribution >= 0.6 is 15.9 Å². The van der Waals surface area contributed by atoms with Gasteiger partial charge in [0.05, 0.1) is 15.8 Å². The fraction of sp³-hybridized carbons (Fsp3) is 0.600. The van der Waals surface area contributed by atoms with Crippen molar-refractivity contribution < 1.29 is 4.39 Å². The van der Waals surface area contributed by atoms with Crippen LogP contribution in [0.25, 0.3) is 0 Å². The van der Waals surface area contributed by atoms with Crippen LogP contribution in [-0.4, -0.2) is 12.6 Å². The molecule has 4 heteroatoms. The normalized spacial score (nSPS) is 11.4. The third-order valence-corrected chi connectivity index (χ3v) is 3.93. The summed E-state index contributed by atoms with van der Waals surface area (Å²) in [6, 6.07) is 3.59. The number of nitrogen functional groups attached to an aromatic ring is 1. The highest BCUT2D eigenvalue weighted by Gasteiger charge is 2.20. The van der Waals surface area contributed by atoms with Crippen LogP contribution in [0.15, 0.2) is 16.6 Å². The minimum atomic E-state index is -0.260. The van der Waals surface area contributed by atoms with Gasteiger partial charge in [0, 0.05) is 18.7 Å². The average Bonchev–Trinajstić information content (AvgIpc) is 2.33. The van der Waals surface area contributed by atoms with Crippen molar-refractivity contribution in [2.75, 3.05) is 17.2 Å². The summed E-state index contributed by atoms with van der Waals surface area (Å²) in [5.41, 5.74) is 7.51. The summed E-state index contributed by atoms with van der Waals surface area (Å²) in [7, 11) is 0. The molecule has 0 saturated heterocycles. The second-order valence-electron chi connectivity index (χ2n) is 5.34. The Morgan fingerprint density at radius 3 is 2.32 bits per heavy atom. The first-order valence-corrected chi connectivity index (χ1v) is 7.71. The Morgan fingerprint density at radius 1 is 1.26 bits per heavy atom. The molecule has 0 aliphatic carbocycles. The summed E-state index contributed by atoms with van der Waals surface area (Å²) >= 11 is 3.18. The molecule has 1 rings (SSSR count). The van der Waals surface area contributed by atoms with Crippen LogP contribution in [0.2, 0.25) is 0 Å². The Labute approximate surface area is 124 Å². The Bertz CT molecular complexity index is 417. The Morgan fingerprint density at radius 2 is 1.84 bits per heavy atom. The molecule has 0 aromatic heterocycles. The molecule has 2 N–H and O–H groups in total. The molecular formula is C15H24BrFN2. The third kappa shape index (κ3) is 4.10. The predicted molar refractivity (Wildman–Crippen MR) is 85.1 cm³/mol. The zero-order valence-corrected chi connectivity index (χ0v) is 13.8. The largest absolute Gasteiger partial charge is 0.397 e. The summed E-state index contributed by atoms with van der Waals surface area (Å²) in [6.45, 7) is 9.54. The zero-order valence-electron chi connectivity index (χ0n) is 12.2. The Hall–Kier alpha value is -0.770. The molecule has 0 bridgehead atoms. The van der Waals surface area contributed by atoms with E-state index in [0.717, 1.165) is 25.1 Å². The monoisotopic (exact) mass is 330 g/mol. The maximum absolute atomic E-state index is 13.8. The van der Waals surface area contributed by atoms with Crippen LogP contribution in [0.4, 0.5) is 15.8 Å². The van der Waals surface area contributed by atoms with E-state index in [1.165, 1.54) is 0 Å². The molecule has 0 atom stereocenters. The number of nitrogens with zero attached hydrogens (tertiary/aromatic N) is 1. The van der Waals surface area contributed by atoms with Gasteiger partial charge in [0.1, 0.15) is 5.82 Å². The SMILES string of the molecule is CCC(CC)N(CC(C)C)c1cc(F)c(Br)cc1N. The summed E-state index contributed by atoms with van der Waals surface area (Å²) in [4.78, 5) is 2.25. The van der Waals surface area contributed by atoms with Gasteiger partial charge in [-0.05, 0) is 40.8 Å². The van der Waals surface area contributed by atoms with Crippen LogP contribution in [0, 0.1) is 11.7 Å². The molecule has 1 aromatic carbocycles. The molecule has 0 radical (unpaired) electrons. The molecule has 0 aliphatic rings. The van der Waals surface area contributed by atoms with Gasteiger partial charge in [0.2, 0.25) is 0 Å². The van der Waals surface area contributed by atoms with E-state index < -0.39 is 0 Å². The molecule has 0 heterocycles. The van der Waals surface area contributed by atoms with Crippen LogP contribution in [0.5, 0.6) is 0 Å². The van der Waals surface area contributed by atoms with Crippen LogP contribution < -0.4 is 10.6 Å². The van der Waals surface area contributed by atoms with E-state index in [1.54, 1.807) is 12.1 Å². The lowest BCUT2D eigenvalue weighted by atomic mass is 10.1. The van der Waals surface area contributed by atoms with Gasteiger partial charge in [-0.3, -0.25) is 0 Å². The van der Waals surface area contributed by atoms with Crippen molar-refractivity contribution in [1.29, 1.82) is 0 Å². The van der Waals surface area contributed by atoms with E-state index in [-0.39, 0.29) is 5.82 Å². The number of halogens is 2. The molecule has 19 heavy (non-hydrogen) atoms. The van der Waals surface area contributed by atoms with Gasteiger partial charge in [0.15, 0.2) is 0 Å². The predicted octanol–water partition coefficient (Wildman–Crippen LogP) is 4.82. The van der Waals surface area contributed by atoms with E-state index in [2.05, 4.69) is 48.5 Å². The maximum Gasteiger partial charge on any atom is 0.139 e. The van der Waals surface area contributed by atoms with Crippen molar-refractivity contribution >= 4 is 27.3 Å². The fourth-order valence-corrected chi connectivity index (χ4v) is 2.73. The van der Waals surface area contributed by atoms with Crippen molar-refractivity contribution in [3.63, 3.8) is 0 Å². The molecule has 0 aliphatic heterocycles. The number of hydrogen-bond acceptors (Lipinski definition) is 2. The first kappa shape index (κ1) is 16.3. The van der Waals surface area contributed by atoms with E-state index in [1.807, 2.05) is 0 Å². The molecule has 0 saturated carbocycles. The lowest BCUT2D eigenvalue weighted by Crippen LogP contribution is -2.38. The van der Waals surface area contributed by atoms with Crippen molar-refractivity contribution in [1.82, 2.24) is 0 Å². The van der Waals surface area contributed by atoms with Crippen LogP contribution in [-0.2, 0) is 0 Å². The highest BCUT2D eigenvalue weighted by atomic mass is 79.9. The third-order valence-electron chi connectivity index (χ3n) is 3.32. The minimum absolute atomic E-state index is 0.260. The van der Waals surface area contributed by atoms with E-state index in [9.17, 15) is 4.39 Å². The highest BCUT2D eigenvalue weighted by molar-refractivity contribution is 9.10. The van der Waals surface area contributed by atoms with Crippen LogP contribution in [0.1, 0.15) is 40.5 Å². The molecule has 0 spiro atoms. The average molecular weight is 331 g/mol. The number of nitrogens with two attached hydrogens (primary N) is 1. The van der Waals surface area contributed by atoms with Crippen molar-refractivity contribution in [2.24, 2.45) is 5.92 Å². The summed E-state index contributed by atoms with van der Waals surface area (Å²) in [5.74, 6) is 0.246. The van der Waals surface area contributed by atoms with Crippen molar-refractivity contribution in [2.45, 2.75) is 46.6 Å². The lowest BCUT2D eigenvalue weighted by molar-refractivity contribution is 0.506. The smallest absolute Gasteiger partial charge is 0.139 e.